The maximum atomic E-state index is 12.1. The Kier molecular flexibility index (Phi) is 8.02. The Balaban J connectivity index is 0.00000324. The van der Waals surface area contributed by atoms with Gasteiger partial charge in [-0.3, -0.25) is 9.59 Å². The first-order chi connectivity index (χ1) is 8.43. The van der Waals surface area contributed by atoms with Gasteiger partial charge in [0.1, 0.15) is 6.04 Å². The molecule has 5 nitrogen and oxygen atoms in total. The smallest absolute Gasteiger partial charge is 0.244 e. The number of nitrogens with two attached hydrogens (primary N) is 1. The summed E-state index contributed by atoms with van der Waals surface area (Å²) in [6, 6.07) is -0.668. The second-order valence-corrected chi connectivity index (χ2v) is 5.26. The molecule has 1 rings (SSSR count). The van der Waals surface area contributed by atoms with Gasteiger partial charge in [0, 0.05) is 25.0 Å². The van der Waals surface area contributed by atoms with Crippen molar-refractivity contribution in [1.29, 1.82) is 0 Å². The number of likely N-dealkylation sites (tertiary alicyclic amines) is 1. The first-order valence-corrected chi connectivity index (χ1v) is 6.78. The molecule has 0 aromatic rings. The zero-order valence-electron chi connectivity index (χ0n) is 12.0. The Morgan fingerprint density at radius 3 is 2.11 bits per heavy atom. The van der Waals surface area contributed by atoms with Crippen molar-refractivity contribution in [2.75, 3.05) is 13.1 Å². The molecule has 0 radical (unpaired) electrons. The number of hydrogen-bond acceptors (Lipinski definition) is 3. The minimum atomic E-state index is -0.461. The molecule has 1 heterocycles. The summed E-state index contributed by atoms with van der Waals surface area (Å²) in [5.41, 5.74) is 5.68. The second kappa shape index (κ2) is 8.38. The van der Waals surface area contributed by atoms with E-state index < -0.39 is 6.04 Å². The van der Waals surface area contributed by atoms with Crippen LogP contribution in [0.5, 0.6) is 0 Å². The van der Waals surface area contributed by atoms with Crippen molar-refractivity contribution in [3.05, 3.63) is 0 Å². The Morgan fingerprint density at radius 2 is 1.63 bits per heavy atom. The number of hydrogen-bond donors (Lipinski definition) is 2. The molecule has 0 aromatic carbocycles. The van der Waals surface area contributed by atoms with Gasteiger partial charge in [-0.15, -0.1) is 12.4 Å². The van der Waals surface area contributed by atoms with Gasteiger partial charge in [0.25, 0.3) is 0 Å². The summed E-state index contributed by atoms with van der Waals surface area (Å²) in [7, 11) is 0. The molecule has 112 valence electrons. The van der Waals surface area contributed by atoms with E-state index >= 15 is 0 Å². The molecular weight excluding hydrogens is 266 g/mol. The van der Waals surface area contributed by atoms with Crippen molar-refractivity contribution >= 4 is 24.2 Å². The average molecular weight is 292 g/mol. The van der Waals surface area contributed by atoms with Gasteiger partial charge < -0.3 is 16.0 Å². The lowest BCUT2D eigenvalue weighted by Crippen LogP contribution is -2.51. The zero-order valence-corrected chi connectivity index (χ0v) is 12.8. The first kappa shape index (κ1) is 18.2. The molecule has 2 amide bonds. The van der Waals surface area contributed by atoms with Gasteiger partial charge in [-0.05, 0) is 33.1 Å². The SMILES string of the molecule is CC(NC(=O)C(C)C(C)N)C(=O)N1CCCCC1.Cl. The molecule has 1 aliphatic heterocycles. The van der Waals surface area contributed by atoms with Crippen LogP contribution >= 0.6 is 12.4 Å². The van der Waals surface area contributed by atoms with Gasteiger partial charge in [0.05, 0.1) is 0 Å². The monoisotopic (exact) mass is 291 g/mol. The molecule has 0 aliphatic carbocycles. The Labute approximate surface area is 121 Å². The van der Waals surface area contributed by atoms with E-state index in [9.17, 15) is 9.59 Å². The predicted octanol–water partition coefficient (Wildman–Crippen LogP) is 0.909. The van der Waals surface area contributed by atoms with E-state index in [1.807, 2.05) is 4.90 Å². The van der Waals surface area contributed by atoms with E-state index in [4.69, 9.17) is 5.73 Å². The van der Waals surface area contributed by atoms with Crippen LogP contribution in [0.2, 0.25) is 0 Å². The quantitative estimate of drug-likeness (QED) is 0.808. The largest absolute Gasteiger partial charge is 0.344 e. The first-order valence-electron chi connectivity index (χ1n) is 6.78. The fraction of sp³-hybridized carbons (Fsp3) is 0.846. The number of carbonyl (C=O) groups excluding carboxylic acids is 2. The van der Waals surface area contributed by atoms with Gasteiger partial charge in [-0.25, -0.2) is 0 Å². The lowest BCUT2D eigenvalue weighted by Gasteiger charge is -2.30. The molecule has 0 spiro atoms. The van der Waals surface area contributed by atoms with Gasteiger partial charge in [0.2, 0.25) is 11.8 Å². The van der Waals surface area contributed by atoms with Gasteiger partial charge in [0.15, 0.2) is 0 Å². The van der Waals surface area contributed by atoms with Crippen LogP contribution in [0.1, 0.15) is 40.0 Å². The highest BCUT2D eigenvalue weighted by Gasteiger charge is 2.25. The van der Waals surface area contributed by atoms with E-state index in [0.29, 0.717) is 0 Å². The summed E-state index contributed by atoms with van der Waals surface area (Å²) in [4.78, 5) is 25.8. The van der Waals surface area contributed by atoms with Crippen LogP contribution in [0, 0.1) is 5.92 Å². The summed E-state index contributed by atoms with van der Waals surface area (Å²) in [5, 5.41) is 2.75. The van der Waals surface area contributed by atoms with Crippen LogP contribution in [0.25, 0.3) is 0 Å². The third-order valence-electron chi connectivity index (χ3n) is 3.60. The highest BCUT2D eigenvalue weighted by atomic mass is 35.5. The van der Waals surface area contributed by atoms with E-state index in [1.54, 1.807) is 20.8 Å². The molecule has 0 saturated carbocycles. The highest BCUT2D eigenvalue weighted by molar-refractivity contribution is 5.88. The van der Waals surface area contributed by atoms with Crippen LogP contribution in [0.15, 0.2) is 0 Å². The molecule has 3 N–H and O–H groups in total. The third-order valence-corrected chi connectivity index (χ3v) is 3.60. The standard InChI is InChI=1S/C13H25N3O2.ClH/c1-9(10(2)14)12(17)15-11(3)13(18)16-7-5-4-6-8-16;/h9-11H,4-8,14H2,1-3H3,(H,15,17);1H. The number of halogens is 1. The molecule has 19 heavy (non-hydrogen) atoms. The summed E-state index contributed by atoms with van der Waals surface area (Å²) < 4.78 is 0. The van der Waals surface area contributed by atoms with Gasteiger partial charge >= 0.3 is 0 Å². The Morgan fingerprint density at radius 1 is 1.11 bits per heavy atom. The van der Waals surface area contributed by atoms with E-state index in [1.165, 1.54) is 6.42 Å². The minimum Gasteiger partial charge on any atom is -0.344 e. The van der Waals surface area contributed by atoms with E-state index in [0.717, 1.165) is 25.9 Å². The molecule has 3 atom stereocenters. The molecule has 0 bridgehead atoms. The lowest BCUT2D eigenvalue weighted by molar-refractivity contribution is -0.137. The molecule has 1 aliphatic rings. The minimum absolute atomic E-state index is 0. The Bertz CT molecular complexity index is 304. The molecule has 1 saturated heterocycles. The number of rotatable bonds is 4. The maximum Gasteiger partial charge on any atom is 0.244 e. The van der Waals surface area contributed by atoms with E-state index in [2.05, 4.69) is 5.32 Å². The number of amides is 2. The number of nitrogens with zero attached hydrogens (tertiary/aromatic N) is 1. The number of piperidine rings is 1. The highest BCUT2D eigenvalue weighted by Crippen LogP contribution is 2.10. The fourth-order valence-corrected chi connectivity index (χ4v) is 2.03. The zero-order chi connectivity index (χ0) is 13.7. The second-order valence-electron chi connectivity index (χ2n) is 5.26. The fourth-order valence-electron chi connectivity index (χ4n) is 2.03. The van der Waals surface area contributed by atoms with Crippen molar-refractivity contribution < 1.29 is 9.59 Å². The molecule has 1 fully saturated rings. The van der Waals surface area contributed by atoms with Crippen molar-refractivity contribution in [2.24, 2.45) is 11.7 Å². The summed E-state index contributed by atoms with van der Waals surface area (Å²) in [6.45, 7) is 6.92. The van der Waals surface area contributed by atoms with Crippen molar-refractivity contribution in [2.45, 2.75) is 52.1 Å². The summed E-state index contributed by atoms with van der Waals surface area (Å²) >= 11 is 0. The molecule has 0 aromatic heterocycles. The van der Waals surface area contributed by atoms with Crippen molar-refractivity contribution in [3.63, 3.8) is 0 Å². The van der Waals surface area contributed by atoms with Crippen LogP contribution in [-0.2, 0) is 9.59 Å². The predicted molar refractivity (Wildman–Crippen MR) is 78.1 cm³/mol. The number of nitrogens with one attached hydrogen (secondary N) is 1. The van der Waals surface area contributed by atoms with Crippen molar-refractivity contribution in [3.8, 4) is 0 Å². The van der Waals surface area contributed by atoms with E-state index in [-0.39, 0.29) is 36.2 Å². The van der Waals surface area contributed by atoms with Crippen molar-refractivity contribution in [1.82, 2.24) is 10.2 Å². The number of carbonyl (C=O) groups is 2. The van der Waals surface area contributed by atoms with Crippen LogP contribution in [0.3, 0.4) is 0 Å². The third kappa shape index (κ3) is 5.37. The van der Waals surface area contributed by atoms with Crippen LogP contribution in [-0.4, -0.2) is 41.9 Å². The Hall–Kier alpha value is -0.810. The lowest BCUT2D eigenvalue weighted by atomic mass is 10.0. The van der Waals surface area contributed by atoms with Crippen LogP contribution < -0.4 is 11.1 Å². The summed E-state index contributed by atoms with van der Waals surface area (Å²) in [6.07, 6.45) is 3.30. The molecular formula is C13H26ClN3O2. The normalized spacial score (nSPS) is 19.9. The summed E-state index contributed by atoms with van der Waals surface area (Å²) in [5.74, 6) is -0.413. The average Bonchev–Trinajstić information content (AvgIpc) is 2.37. The topological polar surface area (TPSA) is 75.4 Å². The van der Waals surface area contributed by atoms with Gasteiger partial charge in [-0.2, -0.15) is 0 Å². The maximum absolute atomic E-state index is 12.1. The van der Waals surface area contributed by atoms with Gasteiger partial charge in [-0.1, -0.05) is 6.92 Å². The molecule has 6 heteroatoms. The van der Waals surface area contributed by atoms with Crippen LogP contribution in [0.4, 0.5) is 0 Å². The molecule has 3 unspecified atom stereocenters.